The van der Waals surface area contributed by atoms with Crippen LogP contribution in [-0.2, 0) is 38.7 Å². The van der Waals surface area contributed by atoms with Crippen molar-refractivity contribution in [1.29, 1.82) is 0 Å². The van der Waals surface area contributed by atoms with Crippen molar-refractivity contribution in [3.8, 4) is 11.5 Å². The second-order valence-electron chi connectivity index (χ2n) is 15.7. The molecule has 55 heavy (non-hydrogen) atoms. The molecule has 0 radical (unpaired) electrons. The highest BCUT2D eigenvalue weighted by Gasteiger charge is 2.31. The van der Waals surface area contributed by atoms with Crippen LogP contribution in [0.2, 0.25) is 0 Å². The zero-order valence-electron chi connectivity index (χ0n) is 33.1. The molecule has 298 valence electrons. The number of halogens is 1. The lowest BCUT2D eigenvalue weighted by Crippen LogP contribution is -2.55. The number of carbonyl (C=O) groups excluding carboxylic acids is 3. The SMILES string of the molecule is COC(=O)c1cccc(CN2CCN(C(=O)[C@H](Cc3ccc(Oc4ccnc5c4c(C)cn5COCCS(C)(C)C)c(F)c3)NC(=O)OC(C)(C)C)CC2)c1. The molecular weight excluding hydrogens is 726 g/mol. The van der Waals surface area contributed by atoms with Crippen LogP contribution in [0, 0.1) is 12.7 Å². The van der Waals surface area contributed by atoms with Gasteiger partial charge in [0.15, 0.2) is 11.6 Å². The Labute approximate surface area is 324 Å². The minimum atomic E-state index is -1.00. The lowest BCUT2D eigenvalue weighted by Gasteiger charge is -2.36. The molecule has 0 unspecified atom stereocenters. The third kappa shape index (κ3) is 11.7. The van der Waals surface area contributed by atoms with Crippen LogP contribution in [0.15, 0.2) is 60.9 Å². The molecule has 1 fully saturated rings. The summed E-state index contributed by atoms with van der Waals surface area (Å²) < 4.78 is 40.1. The van der Waals surface area contributed by atoms with Crippen LogP contribution in [0.25, 0.3) is 11.0 Å². The molecule has 0 spiro atoms. The molecule has 2 aromatic heterocycles. The number of amides is 2. The summed E-state index contributed by atoms with van der Waals surface area (Å²) in [4.78, 5) is 47.3. The summed E-state index contributed by atoms with van der Waals surface area (Å²) in [6, 6.07) is 12.5. The van der Waals surface area contributed by atoms with Crippen molar-refractivity contribution in [2.24, 2.45) is 0 Å². The molecule has 1 aliphatic heterocycles. The maximum atomic E-state index is 15.7. The molecular formula is C41H54FN5O7S. The number of aryl methyl sites for hydroxylation is 1. The fraction of sp³-hybridized carbons (Fsp3) is 0.463. The van der Waals surface area contributed by atoms with E-state index >= 15 is 4.39 Å². The van der Waals surface area contributed by atoms with Crippen molar-refractivity contribution in [3.05, 3.63) is 89.0 Å². The largest absolute Gasteiger partial charge is 0.465 e. The number of rotatable bonds is 14. The molecule has 0 bridgehead atoms. The Morgan fingerprint density at radius 2 is 1.73 bits per heavy atom. The van der Waals surface area contributed by atoms with Gasteiger partial charge in [0.1, 0.15) is 29.8 Å². The van der Waals surface area contributed by atoms with Gasteiger partial charge < -0.3 is 33.7 Å². The smallest absolute Gasteiger partial charge is 0.408 e. The lowest BCUT2D eigenvalue weighted by molar-refractivity contribution is -0.135. The summed E-state index contributed by atoms with van der Waals surface area (Å²) in [5, 5.41) is 3.50. The molecule has 4 aromatic rings. The number of alkyl carbamates (subject to hydrolysis) is 1. The van der Waals surface area contributed by atoms with Gasteiger partial charge in [0, 0.05) is 57.3 Å². The van der Waals surface area contributed by atoms with E-state index in [2.05, 4.69) is 34.0 Å². The van der Waals surface area contributed by atoms with Gasteiger partial charge in [0.05, 0.1) is 24.7 Å². The van der Waals surface area contributed by atoms with Crippen molar-refractivity contribution in [3.63, 3.8) is 0 Å². The third-order valence-corrected chi connectivity index (χ3v) is 10.5. The van der Waals surface area contributed by atoms with Crippen LogP contribution in [-0.4, -0.2) is 113 Å². The molecule has 0 saturated carbocycles. The number of benzene rings is 2. The van der Waals surface area contributed by atoms with Gasteiger partial charge in [-0.05, 0) is 93.5 Å². The first kappa shape index (κ1) is 41.5. The zero-order valence-corrected chi connectivity index (χ0v) is 34.0. The molecule has 1 N–H and O–H groups in total. The maximum absolute atomic E-state index is 15.7. The zero-order chi connectivity index (χ0) is 39.9. The number of hydrogen-bond acceptors (Lipinski definition) is 9. The topological polar surface area (TPSA) is 124 Å². The Hall–Kier alpha value is -4.66. The molecule has 0 aliphatic carbocycles. The first-order valence-electron chi connectivity index (χ1n) is 18.3. The molecule has 1 atom stereocenters. The maximum Gasteiger partial charge on any atom is 0.408 e. The molecule has 12 nitrogen and oxygen atoms in total. The molecule has 2 amide bonds. The number of hydrogen-bond donors (Lipinski definition) is 1. The first-order valence-corrected chi connectivity index (χ1v) is 21.3. The minimum absolute atomic E-state index is 0.0176. The van der Waals surface area contributed by atoms with Gasteiger partial charge in [-0.2, -0.15) is 0 Å². The van der Waals surface area contributed by atoms with Crippen molar-refractivity contribution in [1.82, 2.24) is 24.7 Å². The molecule has 5 rings (SSSR count). The van der Waals surface area contributed by atoms with Crippen LogP contribution < -0.4 is 10.1 Å². The second kappa shape index (κ2) is 17.9. The number of ether oxygens (including phenoxy) is 4. The Morgan fingerprint density at radius 3 is 2.40 bits per heavy atom. The van der Waals surface area contributed by atoms with E-state index in [1.54, 1.807) is 50.1 Å². The standard InChI is InChI=1S/C41H54FN5O7S/c1-28-25-47(27-52-20-21-55(6,7)8)37-36(28)35(14-15-43-37)53-34-13-12-29(23-32(34)42)24-33(44-40(50)54-41(2,3)4)38(48)46-18-16-45(17-19-46)26-30-10-9-11-31(22-30)39(49)51-5/h9-15,22-23,25,33H,16-21,24,26-27H2,1-8H3,(H,44,50)/t33-/m0/s1. The van der Waals surface area contributed by atoms with Gasteiger partial charge in [0.25, 0.3) is 0 Å². The number of aromatic nitrogens is 2. The van der Waals surface area contributed by atoms with Gasteiger partial charge in [-0.15, -0.1) is 0 Å². The van der Waals surface area contributed by atoms with E-state index in [1.807, 2.05) is 35.9 Å². The van der Waals surface area contributed by atoms with Gasteiger partial charge >= 0.3 is 12.1 Å². The fourth-order valence-corrected chi connectivity index (χ4v) is 6.93. The second-order valence-corrected chi connectivity index (χ2v) is 20.3. The Bertz CT molecular complexity index is 1980. The highest BCUT2D eigenvalue weighted by atomic mass is 32.3. The van der Waals surface area contributed by atoms with Crippen LogP contribution in [0.5, 0.6) is 11.5 Å². The summed E-state index contributed by atoms with van der Waals surface area (Å²) in [6.45, 7) is 10.8. The summed E-state index contributed by atoms with van der Waals surface area (Å²) in [7, 11) is 0.683. The normalized spacial score (nSPS) is 14.7. The summed E-state index contributed by atoms with van der Waals surface area (Å²) in [5.41, 5.74) is 2.76. The van der Waals surface area contributed by atoms with Gasteiger partial charge in [-0.25, -0.2) is 29.0 Å². The van der Waals surface area contributed by atoms with E-state index in [9.17, 15) is 14.4 Å². The predicted octanol–water partition coefficient (Wildman–Crippen LogP) is 6.51. The van der Waals surface area contributed by atoms with Gasteiger partial charge in [-0.3, -0.25) is 9.69 Å². The molecule has 1 saturated heterocycles. The Morgan fingerprint density at radius 1 is 0.982 bits per heavy atom. The highest BCUT2D eigenvalue weighted by molar-refractivity contribution is 8.32. The Balaban J connectivity index is 1.26. The molecule has 1 aliphatic rings. The average molecular weight is 780 g/mol. The van der Waals surface area contributed by atoms with E-state index in [1.165, 1.54) is 19.2 Å². The van der Waals surface area contributed by atoms with E-state index in [4.69, 9.17) is 18.9 Å². The van der Waals surface area contributed by atoms with Gasteiger partial charge in [0.2, 0.25) is 5.91 Å². The van der Waals surface area contributed by atoms with Crippen molar-refractivity contribution >= 4 is 39.0 Å². The van der Waals surface area contributed by atoms with E-state index in [0.29, 0.717) is 68.6 Å². The fourth-order valence-electron chi connectivity index (χ4n) is 6.31. The quantitative estimate of drug-likeness (QED) is 0.113. The monoisotopic (exact) mass is 779 g/mol. The third-order valence-electron chi connectivity index (χ3n) is 9.06. The summed E-state index contributed by atoms with van der Waals surface area (Å²) >= 11 is 0. The molecule has 3 heterocycles. The number of fused-ring (bicyclic) bond motifs is 1. The van der Waals surface area contributed by atoms with E-state index in [0.717, 1.165) is 22.3 Å². The van der Waals surface area contributed by atoms with Crippen LogP contribution in [0.3, 0.4) is 0 Å². The first-order chi connectivity index (χ1) is 26.0. The lowest BCUT2D eigenvalue weighted by atomic mass is 10.0. The molecule has 2 aromatic carbocycles. The van der Waals surface area contributed by atoms with Crippen LogP contribution in [0.1, 0.15) is 47.8 Å². The van der Waals surface area contributed by atoms with Crippen LogP contribution in [0.4, 0.5) is 9.18 Å². The van der Waals surface area contributed by atoms with Crippen molar-refractivity contribution in [2.75, 3.05) is 64.4 Å². The molecule has 14 heteroatoms. The minimum Gasteiger partial charge on any atom is -0.465 e. The number of methoxy groups -OCH3 is 1. The number of esters is 1. The summed E-state index contributed by atoms with van der Waals surface area (Å²) in [6.07, 6.45) is 9.64. The predicted molar refractivity (Wildman–Crippen MR) is 214 cm³/mol. The highest BCUT2D eigenvalue weighted by Crippen LogP contribution is 2.35. The number of pyridine rings is 1. The number of piperazine rings is 1. The summed E-state index contributed by atoms with van der Waals surface area (Å²) in [5.74, 6) is 0.185. The van der Waals surface area contributed by atoms with Crippen molar-refractivity contribution < 1.29 is 37.7 Å². The Kier molecular flexibility index (Phi) is 13.5. The van der Waals surface area contributed by atoms with E-state index in [-0.39, 0.29) is 18.1 Å². The van der Waals surface area contributed by atoms with Crippen molar-refractivity contribution in [2.45, 2.75) is 59.0 Å². The van der Waals surface area contributed by atoms with Gasteiger partial charge in [-0.1, -0.05) is 18.2 Å². The number of carbonyl (C=O) groups is 3. The number of nitrogens with zero attached hydrogens (tertiary/aromatic N) is 4. The van der Waals surface area contributed by atoms with E-state index < -0.39 is 39.6 Å². The van der Waals surface area contributed by atoms with Crippen LogP contribution >= 0.6 is 10.0 Å². The number of nitrogens with one attached hydrogen (secondary N) is 1. The average Bonchev–Trinajstić information content (AvgIpc) is 3.45.